The minimum absolute atomic E-state index is 0.197. The molecule has 172 valence electrons. The lowest BCUT2D eigenvalue weighted by molar-refractivity contribution is 0.563. The molecule has 2 heterocycles. The SMILES string of the molecule is CCCCn1c(=O)[nH]c(=O)c2c1nc(CNC(c1ccccc1)c1ccc(F)cc1)n2CC. The maximum Gasteiger partial charge on any atom is 0.330 e. The maximum absolute atomic E-state index is 13.5. The van der Waals surface area contributed by atoms with Crippen molar-refractivity contribution in [3.05, 3.63) is 98.2 Å². The number of unbranched alkanes of at least 4 members (excludes halogenated alkanes) is 1. The van der Waals surface area contributed by atoms with Crippen LogP contribution in [0.3, 0.4) is 0 Å². The highest BCUT2D eigenvalue weighted by molar-refractivity contribution is 5.71. The van der Waals surface area contributed by atoms with Crippen molar-refractivity contribution >= 4 is 11.2 Å². The Morgan fingerprint density at radius 2 is 1.70 bits per heavy atom. The van der Waals surface area contributed by atoms with E-state index in [1.165, 1.54) is 12.1 Å². The Hall–Kier alpha value is -3.52. The molecule has 2 aromatic carbocycles. The number of rotatable bonds is 9. The highest BCUT2D eigenvalue weighted by Gasteiger charge is 2.20. The number of fused-ring (bicyclic) bond motifs is 1. The van der Waals surface area contributed by atoms with E-state index < -0.39 is 11.2 Å². The van der Waals surface area contributed by atoms with Gasteiger partial charge >= 0.3 is 5.69 Å². The Labute approximate surface area is 190 Å². The first-order valence-electron chi connectivity index (χ1n) is 11.3. The molecule has 0 aliphatic carbocycles. The van der Waals surface area contributed by atoms with Crippen molar-refractivity contribution in [3.63, 3.8) is 0 Å². The third-order valence-corrected chi connectivity index (χ3v) is 5.82. The number of H-pyrrole nitrogens is 1. The van der Waals surface area contributed by atoms with Gasteiger partial charge in [-0.1, -0.05) is 55.8 Å². The molecule has 33 heavy (non-hydrogen) atoms. The number of aromatic nitrogens is 4. The minimum Gasteiger partial charge on any atom is -0.321 e. The molecule has 0 fully saturated rings. The van der Waals surface area contributed by atoms with E-state index in [0.29, 0.717) is 36.6 Å². The lowest BCUT2D eigenvalue weighted by Crippen LogP contribution is -2.31. The van der Waals surface area contributed by atoms with Crippen LogP contribution in [0.4, 0.5) is 4.39 Å². The van der Waals surface area contributed by atoms with Gasteiger partial charge in [0.1, 0.15) is 11.6 Å². The molecular formula is C25H28FN5O2. The monoisotopic (exact) mass is 449 g/mol. The Morgan fingerprint density at radius 3 is 2.36 bits per heavy atom. The molecule has 4 rings (SSSR count). The number of aryl methyl sites for hydroxylation is 2. The molecule has 8 heteroatoms. The molecule has 1 atom stereocenters. The summed E-state index contributed by atoms with van der Waals surface area (Å²) in [5.74, 6) is 0.375. The molecule has 2 aromatic heterocycles. The average Bonchev–Trinajstić information content (AvgIpc) is 3.20. The number of hydrogen-bond donors (Lipinski definition) is 2. The fourth-order valence-electron chi connectivity index (χ4n) is 4.14. The Balaban J connectivity index is 1.74. The minimum atomic E-state index is -0.435. The zero-order chi connectivity index (χ0) is 23.4. The van der Waals surface area contributed by atoms with E-state index in [-0.39, 0.29) is 11.9 Å². The lowest BCUT2D eigenvalue weighted by atomic mass is 9.98. The third kappa shape index (κ3) is 4.66. The van der Waals surface area contributed by atoms with Gasteiger partial charge in [-0.15, -0.1) is 0 Å². The van der Waals surface area contributed by atoms with Crippen molar-refractivity contribution in [2.75, 3.05) is 0 Å². The van der Waals surface area contributed by atoms with Crippen LogP contribution in [0.15, 0.2) is 64.2 Å². The predicted octanol–water partition coefficient (Wildman–Crippen LogP) is 3.72. The summed E-state index contributed by atoms with van der Waals surface area (Å²) in [6.45, 7) is 5.39. The molecule has 4 aromatic rings. The standard InChI is InChI=1S/C25H28FN5O2/c1-3-5-15-31-23-22(24(32)29-25(31)33)30(4-2)20(28-23)16-27-21(17-9-7-6-8-10-17)18-11-13-19(26)14-12-18/h6-14,21,27H,3-5,15-16H2,1-2H3,(H,29,32,33). The summed E-state index contributed by atoms with van der Waals surface area (Å²) in [4.78, 5) is 32.2. The molecule has 2 N–H and O–H groups in total. The number of hydrogen-bond acceptors (Lipinski definition) is 4. The second-order valence-corrected chi connectivity index (χ2v) is 7.99. The van der Waals surface area contributed by atoms with E-state index >= 15 is 0 Å². The number of nitrogens with one attached hydrogen (secondary N) is 2. The van der Waals surface area contributed by atoms with Crippen molar-refractivity contribution in [1.82, 2.24) is 24.4 Å². The van der Waals surface area contributed by atoms with Crippen LogP contribution in [0.25, 0.3) is 11.2 Å². The van der Waals surface area contributed by atoms with Crippen molar-refractivity contribution in [2.24, 2.45) is 0 Å². The van der Waals surface area contributed by atoms with Crippen molar-refractivity contribution in [3.8, 4) is 0 Å². The van der Waals surface area contributed by atoms with Crippen LogP contribution in [0.2, 0.25) is 0 Å². The van der Waals surface area contributed by atoms with Crippen LogP contribution >= 0.6 is 0 Å². The van der Waals surface area contributed by atoms with Crippen LogP contribution in [-0.2, 0) is 19.6 Å². The molecule has 0 aliphatic heterocycles. The first kappa shape index (κ1) is 22.7. The van der Waals surface area contributed by atoms with Crippen LogP contribution in [-0.4, -0.2) is 19.1 Å². The highest BCUT2D eigenvalue weighted by Crippen LogP contribution is 2.23. The first-order valence-corrected chi connectivity index (χ1v) is 11.3. The molecule has 7 nitrogen and oxygen atoms in total. The van der Waals surface area contributed by atoms with Crippen molar-refractivity contribution < 1.29 is 4.39 Å². The molecule has 0 radical (unpaired) electrons. The second-order valence-electron chi connectivity index (χ2n) is 7.99. The van der Waals surface area contributed by atoms with E-state index in [9.17, 15) is 14.0 Å². The van der Waals surface area contributed by atoms with E-state index in [2.05, 4.69) is 10.3 Å². The molecule has 0 spiro atoms. The van der Waals surface area contributed by atoms with Gasteiger partial charge < -0.3 is 4.57 Å². The van der Waals surface area contributed by atoms with Crippen LogP contribution < -0.4 is 16.6 Å². The number of nitrogens with zero attached hydrogens (tertiary/aromatic N) is 3. The van der Waals surface area contributed by atoms with Gasteiger partial charge in [-0.2, -0.15) is 0 Å². The summed E-state index contributed by atoms with van der Waals surface area (Å²) in [7, 11) is 0. The predicted molar refractivity (Wildman–Crippen MR) is 127 cm³/mol. The van der Waals surface area contributed by atoms with Crippen molar-refractivity contribution in [1.29, 1.82) is 0 Å². The molecule has 0 bridgehead atoms. The third-order valence-electron chi connectivity index (χ3n) is 5.82. The molecule has 0 aliphatic rings. The van der Waals surface area contributed by atoms with Gasteiger partial charge in [0.05, 0.1) is 12.6 Å². The summed E-state index contributed by atoms with van der Waals surface area (Å²) in [5.41, 5.74) is 1.90. The van der Waals surface area contributed by atoms with E-state index in [0.717, 1.165) is 24.0 Å². The van der Waals surface area contributed by atoms with Crippen molar-refractivity contribution in [2.45, 2.75) is 52.4 Å². The summed E-state index contributed by atoms with van der Waals surface area (Å²) in [6.07, 6.45) is 1.74. The van der Waals surface area contributed by atoms with Crippen LogP contribution in [0, 0.1) is 5.82 Å². The quantitative estimate of drug-likeness (QED) is 0.408. The van der Waals surface area contributed by atoms with Gasteiger partial charge in [0.25, 0.3) is 5.56 Å². The zero-order valence-electron chi connectivity index (χ0n) is 18.8. The summed E-state index contributed by atoms with van der Waals surface area (Å²) in [6, 6.07) is 16.1. The van der Waals surface area contributed by atoms with Gasteiger partial charge in [-0.25, -0.2) is 14.2 Å². The zero-order valence-corrected chi connectivity index (χ0v) is 18.8. The molecular weight excluding hydrogens is 421 g/mol. The van der Waals surface area contributed by atoms with Gasteiger partial charge in [0, 0.05) is 13.1 Å². The number of imidazole rings is 1. The highest BCUT2D eigenvalue weighted by atomic mass is 19.1. The fraction of sp³-hybridized carbons (Fsp3) is 0.320. The smallest absolute Gasteiger partial charge is 0.321 e. The molecule has 0 saturated carbocycles. The van der Waals surface area contributed by atoms with E-state index in [4.69, 9.17) is 4.98 Å². The summed E-state index contributed by atoms with van der Waals surface area (Å²) in [5, 5.41) is 3.52. The van der Waals surface area contributed by atoms with Gasteiger partial charge in [0.15, 0.2) is 11.2 Å². The Bertz CT molecular complexity index is 1340. The molecule has 0 saturated heterocycles. The lowest BCUT2D eigenvalue weighted by Gasteiger charge is -2.20. The Kier molecular flexibility index (Phi) is 6.84. The average molecular weight is 450 g/mol. The first-order chi connectivity index (χ1) is 16.0. The summed E-state index contributed by atoms with van der Waals surface area (Å²) < 4.78 is 16.9. The molecule has 0 amide bonds. The fourth-order valence-corrected chi connectivity index (χ4v) is 4.14. The van der Waals surface area contributed by atoms with Gasteiger partial charge in [-0.05, 0) is 36.6 Å². The number of aromatic amines is 1. The van der Waals surface area contributed by atoms with Crippen LogP contribution in [0.1, 0.15) is 49.7 Å². The Morgan fingerprint density at radius 1 is 1.00 bits per heavy atom. The number of halogens is 1. The largest absolute Gasteiger partial charge is 0.330 e. The molecule has 1 unspecified atom stereocenters. The summed E-state index contributed by atoms with van der Waals surface area (Å²) >= 11 is 0. The van der Waals surface area contributed by atoms with E-state index in [1.807, 2.05) is 48.7 Å². The van der Waals surface area contributed by atoms with Gasteiger partial charge in [-0.3, -0.25) is 19.7 Å². The topological polar surface area (TPSA) is 84.7 Å². The maximum atomic E-state index is 13.5. The normalized spacial score (nSPS) is 12.3. The van der Waals surface area contributed by atoms with E-state index in [1.54, 1.807) is 16.7 Å². The second kappa shape index (κ2) is 9.95. The van der Waals surface area contributed by atoms with Gasteiger partial charge in [0.2, 0.25) is 0 Å². The van der Waals surface area contributed by atoms with Crippen LogP contribution in [0.5, 0.6) is 0 Å². The number of benzene rings is 2.